The van der Waals surface area contributed by atoms with Crippen LogP contribution in [-0.4, -0.2) is 85.7 Å². The number of carbonyl (C=O) groups excluding carboxylic acids is 4. The molecule has 0 unspecified atom stereocenters. The molecule has 0 aliphatic rings. The van der Waals surface area contributed by atoms with Crippen LogP contribution in [0.15, 0.2) is 109 Å². The predicted octanol–water partition coefficient (Wildman–Crippen LogP) is 11.9. The zero-order valence-corrected chi connectivity index (χ0v) is 38.8. The number of likely N-dealkylation sites (N-methyl/N-ethyl adjacent to an activating group) is 2. The summed E-state index contributed by atoms with van der Waals surface area (Å²) in [6, 6.07) is 29.3. The summed E-state index contributed by atoms with van der Waals surface area (Å²) in [6.07, 6.45) is -5.42. The molecule has 0 aromatic heterocycles. The summed E-state index contributed by atoms with van der Waals surface area (Å²) in [5.41, 5.74) is 2.33. The maximum Gasteiger partial charge on any atom is 0.416 e. The van der Waals surface area contributed by atoms with Gasteiger partial charge in [0.2, 0.25) is 11.8 Å². The zero-order valence-electron chi connectivity index (χ0n) is 36.6. The van der Waals surface area contributed by atoms with Gasteiger partial charge in [0, 0.05) is 35.6 Å². The van der Waals surface area contributed by atoms with Crippen LogP contribution >= 0.6 is 34.8 Å². The number of carbonyl (C=O) groups is 4. The van der Waals surface area contributed by atoms with E-state index in [1.807, 2.05) is 42.5 Å². The van der Waals surface area contributed by atoms with Crippen molar-refractivity contribution >= 4 is 69.6 Å². The van der Waals surface area contributed by atoms with Gasteiger partial charge in [-0.05, 0) is 91.9 Å². The van der Waals surface area contributed by atoms with Crippen molar-refractivity contribution in [2.24, 2.45) is 0 Å². The van der Waals surface area contributed by atoms with Gasteiger partial charge in [-0.25, -0.2) is 0 Å². The van der Waals surface area contributed by atoms with Gasteiger partial charge in [-0.1, -0.05) is 117 Å². The fraction of sp³-hybridized carbons (Fsp3) is 0.306. The van der Waals surface area contributed by atoms with Gasteiger partial charge in [0.25, 0.3) is 0 Å². The Hall–Kier alpha value is -5.44. The van der Waals surface area contributed by atoms with Crippen LogP contribution in [0.4, 0.5) is 24.5 Å². The Balaban J connectivity index is 0.000000285. The van der Waals surface area contributed by atoms with Crippen molar-refractivity contribution in [3.05, 3.63) is 141 Å². The molecule has 2 amide bonds. The predicted molar refractivity (Wildman–Crippen MR) is 253 cm³/mol. The van der Waals surface area contributed by atoms with Gasteiger partial charge < -0.3 is 29.9 Å². The minimum atomic E-state index is -4.58. The number of rotatable bonds is 21. The molecule has 346 valence electrons. The third kappa shape index (κ3) is 16.8. The molecule has 65 heavy (non-hydrogen) atoms. The van der Waals surface area contributed by atoms with Crippen molar-refractivity contribution in [1.29, 1.82) is 0 Å². The molecule has 16 heteroatoms. The van der Waals surface area contributed by atoms with E-state index >= 15 is 0 Å². The molecule has 5 rings (SSSR count). The van der Waals surface area contributed by atoms with Gasteiger partial charge >= 0.3 is 6.18 Å². The molecule has 0 fully saturated rings. The second-order valence-corrected chi connectivity index (χ2v) is 15.7. The van der Waals surface area contributed by atoms with Crippen LogP contribution in [0.5, 0.6) is 11.5 Å². The molecular formula is C49H52Cl3F3N4O6. The lowest BCUT2D eigenvalue weighted by Gasteiger charge is -2.18. The van der Waals surface area contributed by atoms with Crippen LogP contribution in [0.3, 0.4) is 0 Å². The Morgan fingerprint density at radius 3 is 1.45 bits per heavy atom. The van der Waals surface area contributed by atoms with Gasteiger partial charge in [-0.2, -0.15) is 13.2 Å². The first-order chi connectivity index (χ1) is 31.0. The molecule has 2 N–H and O–H groups in total. The smallest absolute Gasteiger partial charge is 0.416 e. The number of alkyl halides is 3. The van der Waals surface area contributed by atoms with Crippen LogP contribution in [0, 0.1) is 0 Å². The number of benzene rings is 5. The summed E-state index contributed by atoms with van der Waals surface area (Å²) in [4.78, 5) is 53.9. The number of nitrogens with zero attached hydrogens (tertiary/aromatic N) is 2. The normalized spacial score (nSPS) is 11.1. The summed E-state index contributed by atoms with van der Waals surface area (Å²) < 4.78 is 49.6. The Morgan fingerprint density at radius 1 is 0.554 bits per heavy atom. The van der Waals surface area contributed by atoms with Crippen molar-refractivity contribution in [2.75, 3.05) is 63.1 Å². The molecule has 0 radical (unpaired) electrons. The summed E-state index contributed by atoms with van der Waals surface area (Å²) in [7, 11) is 0. The van der Waals surface area contributed by atoms with E-state index in [4.69, 9.17) is 44.3 Å². The van der Waals surface area contributed by atoms with Gasteiger partial charge in [0.1, 0.15) is 24.7 Å². The first-order valence-corrected chi connectivity index (χ1v) is 22.2. The summed E-state index contributed by atoms with van der Waals surface area (Å²) in [5.74, 6) is -0.963. The minimum Gasteiger partial charge on any atom is -0.491 e. The third-order valence-electron chi connectivity index (χ3n) is 10.1. The van der Waals surface area contributed by atoms with E-state index < -0.39 is 35.8 Å². The first-order valence-electron chi connectivity index (χ1n) is 21.0. The molecule has 0 spiro atoms. The molecule has 0 aliphatic heterocycles. The lowest BCUT2D eigenvalue weighted by Crippen LogP contribution is -2.27. The van der Waals surface area contributed by atoms with Crippen LogP contribution < -0.4 is 20.1 Å². The van der Waals surface area contributed by atoms with Crippen molar-refractivity contribution in [3.63, 3.8) is 0 Å². The van der Waals surface area contributed by atoms with E-state index in [9.17, 15) is 32.3 Å². The topological polar surface area (TPSA) is 117 Å². The van der Waals surface area contributed by atoms with Crippen molar-refractivity contribution in [1.82, 2.24) is 9.80 Å². The number of hydrogen-bond donors (Lipinski definition) is 2. The van der Waals surface area contributed by atoms with Crippen molar-refractivity contribution in [3.8, 4) is 22.6 Å². The summed E-state index contributed by atoms with van der Waals surface area (Å²) in [6.45, 7) is 14.6. The number of Topliss-reactive ketones (excluding diaryl/α,β-unsaturated/α-hetero) is 2. The van der Waals surface area contributed by atoms with Gasteiger partial charge in [-0.3, -0.25) is 19.2 Å². The fourth-order valence-corrected chi connectivity index (χ4v) is 7.09. The molecular weight excluding hydrogens is 904 g/mol. The maximum atomic E-state index is 12.7. The highest BCUT2D eigenvalue weighted by atomic mass is 35.5. The number of anilines is 2. The van der Waals surface area contributed by atoms with E-state index in [2.05, 4.69) is 48.1 Å². The monoisotopic (exact) mass is 954 g/mol. The Kier molecular flexibility index (Phi) is 20.8. The molecule has 5 aromatic carbocycles. The van der Waals surface area contributed by atoms with E-state index in [0.717, 1.165) is 62.5 Å². The van der Waals surface area contributed by atoms with Crippen LogP contribution in [0.1, 0.15) is 66.8 Å². The average molecular weight is 956 g/mol. The maximum absolute atomic E-state index is 12.7. The fourth-order valence-electron chi connectivity index (χ4n) is 6.34. The Bertz CT molecular complexity index is 2360. The van der Waals surface area contributed by atoms with Gasteiger partial charge in [0.05, 0.1) is 33.5 Å². The second-order valence-electron chi connectivity index (χ2n) is 14.5. The van der Waals surface area contributed by atoms with E-state index in [1.165, 1.54) is 6.07 Å². The largest absolute Gasteiger partial charge is 0.491 e. The number of ether oxygens (including phenoxy) is 2. The Morgan fingerprint density at radius 2 is 1.02 bits per heavy atom. The van der Waals surface area contributed by atoms with Crippen LogP contribution in [0.2, 0.25) is 15.1 Å². The van der Waals surface area contributed by atoms with E-state index in [0.29, 0.717) is 57.8 Å². The van der Waals surface area contributed by atoms with Crippen LogP contribution in [0.25, 0.3) is 11.1 Å². The number of nitrogens with one attached hydrogen (secondary N) is 2. The lowest BCUT2D eigenvalue weighted by atomic mass is 10.0. The first kappa shape index (κ1) is 52.2. The number of ketones is 2. The number of hydrogen-bond acceptors (Lipinski definition) is 8. The van der Waals surface area contributed by atoms with Gasteiger partial charge in [0.15, 0.2) is 11.6 Å². The zero-order chi connectivity index (χ0) is 47.5. The highest BCUT2D eigenvalue weighted by Gasteiger charge is 2.31. The SMILES string of the molecule is CCN(CC)CCOc1ccc(NC(=O)CC(=O)c2ccc(-c3ccccc3)cc2)cc1Cl.CCN(CC)CCOc1ccc(NC(=O)CC(=O)c2ccc(C(F)(F)F)cc2Cl)cc1Cl. The van der Waals surface area contributed by atoms with E-state index in [1.54, 1.807) is 42.5 Å². The third-order valence-corrected chi connectivity index (χ3v) is 11.0. The highest BCUT2D eigenvalue weighted by Crippen LogP contribution is 2.33. The van der Waals surface area contributed by atoms with Crippen LogP contribution in [-0.2, 0) is 15.8 Å². The number of halogens is 6. The molecule has 0 aliphatic carbocycles. The van der Waals surface area contributed by atoms with Crippen molar-refractivity contribution < 1.29 is 41.8 Å². The second kappa shape index (κ2) is 25.9. The Labute approximate surface area is 392 Å². The molecule has 0 atom stereocenters. The molecule has 5 aromatic rings. The summed E-state index contributed by atoms with van der Waals surface area (Å²) in [5, 5.41) is 5.59. The molecule has 0 saturated carbocycles. The minimum absolute atomic E-state index is 0.162. The molecule has 0 heterocycles. The quantitative estimate of drug-likeness (QED) is 0.0552. The lowest BCUT2D eigenvalue weighted by molar-refractivity contribution is -0.137. The molecule has 0 bridgehead atoms. The standard InChI is InChI=1S/C27H29ClN2O3.C22H23Cl2F3N2O3/c1-3-30(4-2)16-17-33-26-15-14-23(18-24(26)28)29-27(32)19-25(31)22-12-10-21(11-13-22)20-8-6-5-7-9-20;1-3-29(4-2)9-10-32-20-8-6-15(12-18(20)24)28-21(31)13-19(30)16-7-5-14(11-17(16)23)22(25,26)27/h5-15,18H,3-4,16-17,19H2,1-2H3,(H,29,32);5-8,11-12H,3-4,9-10,13H2,1-2H3,(H,28,31). The van der Waals surface area contributed by atoms with Gasteiger partial charge in [-0.15, -0.1) is 0 Å². The highest BCUT2D eigenvalue weighted by molar-refractivity contribution is 6.35. The molecule has 0 saturated heterocycles. The average Bonchev–Trinajstić information content (AvgIpc) is 3.28. The molecule has 10 nitrogen and oxygen atoms in total. The van der Waals surface area contributed by atoms with Crippen molar-refractivity contribution in [2.45, 2.75) is 46.7 Å². The van der Waals surface area contributed by atoms with E-state index in [-0.39, 0.29) is 22.8 Å². The number of amides is 2. The summed E-state index contributed by atoms with van der Waals surface area (Å²) >= 11 is 18.3.